The molecule has 0 saturated heterocycles. The lowest BCUT2D eigenvalue weighted by molar-refractivity contribution is -0.00659. The molecule has 16 heavy (non-hydrogen) atoms. The molecule has 0 bridgehead atoms. The quantitative estimate of drug-likeness (QED) is 0.828. The van der Waals surface area contributed by atoms with Gasteiger partial charge in [0.15, 0.2) is 0 Å². The van der Waals surface area contributed by atoms with Crippen molar-refractivity contribution >= 4 is 0 Å². The second-order valence-electron chi connectivity index (χ2n) is 5.50. The molecule has 0 spiro atoms. The van der Waals surface area contributed by atoms with Crippen molar-refractivity contribution in [2.75, 3.05) is 0 Å². The van der Waals surface area contributed by atoms with Gasteiger partial charge in [0.05, 0.1) is 11.9 Å². The molecule has 1 aromatic heterocycles. The van der Waals surface area contributed by atoms with E-state index in [9.17, 15) is 5.11 Å². The minimum atomic E-state index is -0.588. The number of fused-ring (bicyclic) bond motifs is 1. The van der Waals surface area contributed by atoms with Gasteiger partial charge in [0, 0.05) is 12.0 Å². The highest BCUT2D eigenvalue weighted by Gasteiger charge is 2.38. The van der Waals surface area contributed by atoms with Gasteiger partial charge in [0.1, 0.15) is 5.76 Å². The Kier molecular flexibility index (Phi) is 2.55. The molecule has 2 heteroatoms. The van der Waals surface area contributed by atoms with Gasteiger partial charge in [-0.25, -0.2) is 0 Å². The van der Waals surface area contributed by atoms with Crippen LogP contribution >= 0.6 is 0 Å². The normalized spacial score (nSPS) is 30.6. The number of furan rings is 1. The fraction of sp³-hybridized carbons (Fsp3) is 0.714. The van der Waals surface area contributed by atoms with E-state index in [1.807, 2.05) is 6.07 Å². The fourth-order valence-electron chi connectivity index (χ4n) is 3.53. The van der Waals surface area contributed by atoms with E-state index in [1.165, 1.54) is 25.7 Å². The smallest absolute Gasteiger partial charge is 0.109 e. The molecule has 1 atom stereocenters. The van der Waals surface area contributed by atoms with Crippen molar-refractivity contribution in [2.24, 2.45) is 5.92 Å². The molecule has 1 N–H and O–H groups in total. The van der Waals surface area contributed by atoms with Crippen LogP contribution in [0.2, 0.25) is 0 Å². The average molecular weight is 220 g/mol. The zero-order valence-electron chi connectivity index (χ0n) is 9.74. The Morgan fingerprint density at radius 1 is 1.31 bits per heavy atom. The number of hydrogen-bond acceptors (Lipinski definition) is 2. The number of aryl methyl sites for hydroxylation is 1. The van der Waals surface area contributed by atoms with Gasteiger partial charge in [0.2, 0.25) is 0 Å². The maximum atomic E-state index is 10.8. The molecule has 0 aliphatic heterocycles. The maximum Gasteiger partial charge on any atom is 0.109 e. The van der Waals surface area contributed by atoms with Crippen molar-refractivity contribution in [1.29, 1.82) is 0 Å². The van der Waals surface area contributed by atoms with Crippen molar-refractivity contribution < 1.29 is 9.52 Å². The molecular weight excluding hydrogens is 200 g/mol. The van der Waals surface area contributed by atoms with Crippen LogP contribution in [0.15, 0.2) is 16.7 Å². The first-order valence-electron chi connectivity index (χ1n) is 6.57. The SMILES string of the molecule is OC1(CC2CCCC2)CCCc2occc21. The Morgan fingerprint density at radius 3 is 2.94 bits per heavy atom. The van der Waals surface area contributed by atoms with E-state index in [2.05, 4.69) is 0 Å². The van der Waals surface area contributed by atoms with Crippen LogP contribution < -0.4 is 0 Å². The van der Waals surface area contributed by atoms with Gasteiger partial charge in [-0.1, -0.05) is 25.7 Å². The van der Waals surface area contributed by atoms with Gasteiger partial charge in [-0.15, -0.1) is 0 Å². The highest BCUT2D eigenvalue weighted by molar-refractivity contribution is 5.27. The molecule has 2 aliphatic rings. The maximum absolute atomic E-state index is 10.8. The Balaban J connectivity index is 1.82. The Bertz CT molecular complexity index is 363. The minimum Gasteiger partial charge on any atom is -0.469 e. The Labute approximate surface area is 96.7 Å². The van der Waals surface area contributed by atoms with Crippen LogP contribution in [-0.4, -0.2) is 5.11 Å². The summed E-state index contributed by atoms with van der Waals surface area (Å²) in [5.74, 6) is 1.75. The highest BCUT2D eigenvalue weighted by Crippen LogP contribution is 2.43. The molecule has 1 saturated carbocycles. The average Bonchev–Trinajstić information content (AvgIpc) is 2.88. The molecule has 2 aliphatic carbocycles. The second kappa shape index (κ2) is 3.92. The highest BCUT2D eigenvalue weighted by atomic mass is 16.3. The summed E-state index contributed by atoms with van der Waals surface area (Å²) in [5.41, 5.74) is 0.487. The van der Waals surface area contributed by atoms with E-state index >= 15 is 0 Å². The van der Waals surface area contributed by atoms with E-state index in [0.717, 1.165) is 42.9 Å². The monoisotopic (exact) mass is 220 g/mol. The summed E-state index contributed by atoms with van der Waals surface area (Å²) in [6.45, 7) is 0. The van der Waals surface area contributed by atoms with Crippen LogP contribution in [0.3, 0.4) is 0 Å². The second-order valence-corrected chi connectivity index (χ2v) is 5.50. The molecule has 2 nitrogen and oxygen atoms in total. The standard InChI is InChI=1S/C14H20O2/c15-14(10-11-4-1-2-5-11)8-3-6-13-12(14)7-9-16-13/h7,9,11,15H,1-6,8,10H2. The molecule has 1 fully saturated rings. The fourth-order valence-corrected chi connectivity index (χ4v) is 3.53. The molecule has 3 rings (SSSR count). The van der Waals surface area contributed by atoms with Crippen LogP contribution in [0, 0.1) is 5.92 Å². The predicted octanol–water partition coefficient (Wildman–Crippen LogP) is 3.38. The van der Waals surface area contributed by atoms with Gasteiger partial charge >= 0.3 is 0 Å². The van der Waals surface area contributed by atoms with Crippen LogP contribution in [0.25, 0.3) is 0 Å². The lowest BCUT2D eigenvalue weighted by Gasteiger charge is -2.33. The molecule has 1 heterocycles. The third-order valence-corrected chi connectivity index (χ3v) is 4.34. The lowest BCUT2D eigenvalue weighted by atomic mass is 9.77. The van der Waals surface area contributed by atoms with Crippen molar-refractivity contribution in [2.45, 2.75) is 57.0 Å². The molecule has 0 aromatic carbocycles. The summed E-state index contributed by atoms with van der Waals surface area (Å²) in [6, 6.07) is 1.98. The molecule has 1 unspecified atom stereocenters. The first kappa shape index (κ1) is 10.4. The first-order chi connectivity index (χ1) is 7.78. The first-order valence-corrected chi connectivity index (χ1v) is 6.57. The van der Waals surface area contributed by atoms with Gasteiger partial charge < -0.3 is 9.52 Å². The lowest BCUT2D eigenvalue weighted by Crippen LogP contribution is -2.31. The van der Waals surface area contributed by atoms with Gasteiger partial charge in [-0.2, -0.15) is 0 Å². The summed E-state index contributed by atoms with van der Waals surface area (Å²) in [6.07, 6.45) is 10.9. The van der Waals surface area contributed by atoms with Crippen LogP contribution in [0.4, 0.5) is 0 Å². The summed E-state index contributed by atoms with van der Waals surface area (Å²) in [5, 5.41) is 10.8. The zero-order valence-corrected chi connectivity index (χ0v) is 9.74. The minimum absolute atomic E-state index is 0.588. The molecular formula is C14H20O2. The largest absolute Gasteiger partial charge is 0.469 e. The number of rotatable bonds is 2. The van der Waals surface area contributed by atoms with E-state index in [1.54, 1.807) is 6.26 Å². The number of hydrogen-bond donors (Lipinski definition) is 1. The Hall–Kier alpha value is -0.760. The molecule has 1 aromatic rings. The summed E-state index contributed by atoms with van der Waals surface area (Å²) < 4.78 is 5.46. The topological polar surface area (TPSA) is 33.4 Å². The van der Waals surface area contributed by atoms with Gasteiger partial charge in [-0.05, 0) is 31.2 Å². The van der Waals surface area contributed by atoms with E-state index in [4.69, 9.17) is 4.42 Å². The van der Waals surface area contributed by atoms with E-state index in [-0.39, 0.29) is 0 Å². The summed E-state index contributed by atoms with van der Waals surface area (Å²) in [7, 11) is 0. The van der Waals surface area contributed by atoms with E-state index in [0.29, 0.717) is 0 Å². The summed E-state index contributed by atoms with van der Waals surface area (Å²) >= 11 is 0. The van der Waals surface area contributed by atoms with Crippen LogP contribution in [0.1, 0.15) is 56.3 Å². The van der Waals surface area contributed by atoms with Gasteiger partial charge in [0.25, 0.3) is 0 Å². The molecule has 88 valence electrons. The van der Waals surface area contributed by atoms with Crippen molar-refractivity contribution in [3.63, 3.8) is 0 Å². The molecule has 0 radical (unpaired) electrons. The zero-order chi connectivity index (χ0) is 11.0. The molecule has 0 amide bonds. The van der Waals surface area contributed by atoms with Crippen molar-refractivity contribution in [3.8, 4) is 0 Å². The van der Waals surface area contributed by atoms with Crippen molar-refractivity contribution in [1.82, 2.24) is 0 Å². The predicted molar refractivity (Wildman–Crippen MR) is 62.1 cm³/mol. The van der Waals surface area contributed by atoms with Gasteiger partial charge in [-0.3, -0.25) is 0 Å². The Morgan fingerprint density at radius 2 is 2.12 bits per heavy atom. The van der Waals surface area contributed by atoms with E-state index < -0.39 is 5.60 Å². The summed E-state index contributed by atoms with van der Waals surface area (Å²) in [4.78, 5) is 0. The van der Waals surface area contributed by atoms with Crippen LogP contribution in [0.5, 0.6) is 0 Å². The third-order valence-electron chi connectivity index (χ3n) is 4.34. The third kappa shape index (κ3) is 1.69. The van der Waals surface area contributed by atoms with Crippen molar-refractivity contribution in [3.05, 3.63) is 23.7 Å². The van der Waals surface area contributed by atoms with Crippen LogP contribution in [-0.2, 0) is 12.0 Å². The number of aliphatic hydroxyl groups is 1.